The lowest BCUT2D eigenvalue weighted by Crippen LogP contribution is -2.45. The number of hydrogen-bond acceptors (Lipinski definition) is 4. The van der Waals surface area contributed by atoms with E-state index in [0.717, 1.165) is 24.0 Å². The molecule has 0 radical (unpaired) electrons. The molecule has 5 heteroatoms. The number of fused-ring (bicyclic) bond motifs is 1. The van der Waals surface area contributed by atoms with E-state index >= 15 is 0 Å². The van der Waals surface area contributed by atoms with Crippen LogP contribution in [0.4, 0.5) is 4.79 Å². The molecule has 1 aromatic carbocycles. The van der Waals surface area contributed by atoms with Crippen LogP contribution in [-0.4, -0.2) is 36.5 Å². The molecule has 1 amide bonds. The van der Waals surface area contributed by atoms with E-state index in [1.54, 1.807) is 17.0 Å². The molecule has 2 aliphatic rings. The summed E-state index contributed by atoms with van der Waals surface area (Å²) in [4.78, 5) is 26.6. The molecule has 0 aromatic heterocycles. The zero-order chi connectivity index (χ0) is 17.2. The number of hydrogen-bond donors (Lipinski definition) is 0. The molecule has 1 aliphatic carbocycles. The molecule has 24 heavy (non-hydrogen) atoms. The van der Waals surface area contributed by atoms with Gasteiger partial charge in [-0.15, -0.1) is 0 Å². The van der Waals surface area contributed by atoms with Crippen LogP contribution in [0.15, 0.2) is 18.2 Å². The van der Waals surface area contributed by atoms with Crippen molar-refractivity contribution in [2.75, 3.05) is 19.7 Å². The molecule has 0 unspecified atom stereocenters. The second-order valence-electron chi connectivity index (χ2n) is 6.72. The number of ketones is 1. The van der Waals surface area contributed by atoms with E-state index in [9.17, 15) is 9.59 Å². The monoisotopic (exact) mass is 326 g/mol. The number of nitrogens with zero attached hydrogens (tertiary/aromatic N) is 2. The van der Waals surface area contributed by atoms with Crippen LogP contribution in [0.2, 0.25) is 0 Å². The van der Waals surface area contributed by atoms with Gasteiger partial charge in [0.05, 0.1) is 18.2 Å². The Morgan fingerprint density at radius 1 is 1.38 bits per heavy atom. The number of unbranched alkanes of at least 4 members (excludes halogenated alkanes) is 1. The Kier molecular flexibility index (Phi) is 4.57. The van der Waals surface area contributed by atoms with Crippen LogP contribution < -0.4 is 0 Å². The number of piperidine rings is 1. The second kappa shape index (κ2) is 6.64. The molecule has 0 bridgehead atoms. The van der Waals surface area contributed by atoms with Gasteiger partial charge in [0.2, 0.25) is 0 Å². The normalized spacial score (nSPS) is 18.3. The lowest BCUT2D eigenvalue weighted by molar-refractivity contribution is 0.0537. The van der Waals surface area contributed by atoms with E-state index < -0.39 is 5.41 Å². The number of likely N-dealkylation sites (tertiary alicyclic amines) is 1. The third-order valence-electron chi connectivity index (χ3n) is 5.19. The van der Waals surface area contributed by atoms with Gasteiger partial charge >= 0.3 is 6.09 Å². The first-order valence-corrected chi connectivity index (χ1v) is 8.59. The zero-order valence-corrected chi connectivity index (χ0v) is 14.0. The molecular weight excluding hydrogens is 304 g/mol. The standard InChI is InChI=1S/C19H22N2O3/c1-2-3-10-24-18(23)21-8-6-19(7-9-21)12-15-11-14(13-20)4-5-16(15)17(19)22/h4-5,11H,2-3,6-10,12H2,1H3. The molecule has 3 rings (SSSR count). The van der Waals surface area contributed by atoms with Crippen molar-refractivity contribution in [3.63, 3.8) is 0 Å². The summed E-state index contributed by atoms with van der Waals surface area (Å²) in [6.07, 6.45) is 3.59. The van der Waals surface area contributed by atoms with E-state index in [1.165, 1.54) is 0 Å². The maximum atomic E-state index is 12.8. The van der Waals surface area contributed by atoms with Gasteiger partial charge in [-0.2, -0.15) is 5.26 Å². The summed E-state index contributed by atoms with van der Waals surface area (Å²) in [7, 11) is 0. The topological polar surface area (TPSA) is 70.4 Å². The molecule has 1 spiro atoms. The Hall–Kier alpha value is -2.35. The van der Waals surface area contributed by atoms with Crippen molar-refractivity contribution < 1.29 is 14.3 Å². The fourth-order valence-electron chi connectivity index (χ4n) is 3.68. The van der Waals surface area contributed by atoms with Crippen LogP contribution in [-0.2, 0) is 11.2 Å². The third-order valence-corrected chi connectivity index (χ3v) is 5.19. The maximum Gasteiger partial charge on any atom is 0.409 e. The van der Waals surface area contributed by atoms with Crippen LogP contribution in [0.3, 0.4) is 0 Å². The van der Waals surface area contributed by atoms with Crippen LogP contribution >= 0.6 is 0 Å². The van der Waals surface area contributed by atoms with E-state index in [0.29, 0.717) is 44.5 Å². The van der Waals surface area contributed by atoms with Crippen molar-refractivity contribution in [3.8, 4) is 6.07 Å². The first kappa shape index (κ1) is 16.5. The summed E-state index contributed by atoms with van der Waals surface area (Å²) in [5, 5.41) is 9.03. The van der Waals surface area contributed by atoms with E-state index in [-0.39, 0.29) is 11.9 Å². The van der Waals surface area contributed by atoms with Crippen molar-refractivity contribution in [2.45, 2.75) is 39.0 Å². The average Bonchev–Trinajstić information content (AvgIpc) is 2.87. The summed E-state index contributed by atoms with van der Waals surface area (Å²) in [5.41, 5.74) is 1.90. The second-order valence-corrected chi connectivity index (χ2v) is 6.72. The van der Waals surface area contributed by atoms with Crippen LogP contribution in [0.25, 0.3) is 0 Å². The Morgan fingerprint density at radius 3 is 2.79 bits per heavy atom. The van der Waals surface area contributed by atoms with Crippen molar-refractivity contribution in [2.24, 2.45) is 5.41 Å². The first-order chi connectivity index (χ1) is 11.6. The SMILES string of the molecule is CCCCOC(=O)N1CCC2(CC1)Cc1cc(C#N)ccc1C2=O. The fraction of sp³-hybridized carbons (Fsp3) is 0.526. The number of nitriles is 1. The van der Waals surface area contributed by atoms with Gasteiger partial charge < -0.3 is 9.64 Å². The molecule has 0 saturated carbocycles. The largest absolute Gasteiger partial charge is 0.449 e. The summed E-state index contributed by atoms with van der Waals surface area (Å²) >= 11 is 0. The minimum absolute atomic E-state index is 0.168. The smallest absolute Gasteiger partial charge is 0.409 e. The molecule has 1 aromatic rings. The van der Waals surface area contributed by atoms with Crippen molar-refractivity contribution in [3.05, 3.63) is 34.9 Å². The zero-order valence-electron chi connectivity index (χ0n) is 14.0. The van der Waals surface area contributed by atoms with Gasteiger partial charge in [0.1, 0.15) is 0 Å². The Bertz CT molecular complexity index is 697. The van der Waals surface area contributed by atoms with Crippen LogP contribution in [0.5, 0.6) is 0 Å². The molecule has 0 N–H and O–H groups in total. The van der Waals surface area contributed by atoms with Crippen molar-refractivity contribution in [1.29, 1.82) is 5.26 Å². The molecule has 5 nitrogen and oxygen atoms in total. The Labute approximate surface area is 142 Å². The molecule has 1 saturated heterocycles. The summed E-state index contributed by atoms with van der Waals surface area (Å²) in [5.74, 6) is 0.168. The van der Waals surface area contributed by atoms with Gasteiger partial charge in [-0.3, -0.25) is 4.79 Å². The van der Waals surface area contributed by atoms with E-state index in [1.807, 2.05) is 6.07 Å². The number of ether oxygens (including phenoxy) is 1. The quantitative estimate of drug-likeness (QED) is 0.799. The molecule has 1 heterocycles. The number of amides is 1. The Balaban J connectivity index is 1.65. The predicted octanol–water partition coefficient (Wildman–Crippen LogP) is 3.32. The van der Waals surface area contributed by atoms with Gasteiger partial charge in [-0.25, -0.2) is 4.79 Å². The number of carbonyl (C=O) groups excluding carboxylic acids is 2. The van der Waals surface area contributed by atoms with Crippen molar-refractivity contribution >= 4 is 11.9 Å². The molecule has 1 fully saturated rings. The minimum Gasteiger partial charge on any atom is -0.449 e. The highest BCUT2D eigenvalue weighted by Gasteiger charge is 2.47. The van der Waals surface area contributed by atoms with Gasteiger partial charge in [0.15, 0.2) is 5.78 Å². The molecule has 1 aliphatic heterocycles. The third kappa shape index (κ3) is 2.89. The number of Topliss-reactive ketones (excluding diaryl/α,β-unsaturated/α-hetero) is 1. The highest BCUT2D eigenvalue weighted by Crippen LogP contribution is 2.44. The van der Waals surface area contributed by atoms with E-state index in [2.05, 4.69) is 13.0 Å². The fourth-order valence-corrected chi connectivity index (χ4v) is 3.68. The Morgan fingerprint density at radius 2 is 2.12 bits per heavy atom. The first-order valence-electron chi connectivity index (χ1n) is 8.59. The lowest BCUT2D eigenvalue weighted by Gasteiger charge is -2.37. The number of carbonyl (C=O) groups is 2. The highest BCUT2D eigenvalue weighted by molar-refractivity contribution is 6.05. The van der Waals surface area contributed by atoms with Crippen LogP contribution in [0, 0.1) is 16.7 Å². The predicted molar refractivity (Wildman–Crippen MR) is 88.7 cm³/mol. The summed E-state index contributed by atoms with van der Waals surface area (Å²) in [6.45, 7) is 3.61. The molecular formula is C19H22N2O3. The highest BCUT2D eigenvalue weighted by atomic mass is 16.6. The van der Waals surface area contributed by atoms with Gasteiger partial charge in [-0.05, 0) is 49.4 Å². The molecule has 126 valence electrons. The van der Waals surface area contributed by atoms with Gasteiger partial charge in [-0.1, -0.05) is 13.3 Å². The maximum absolute atomic E-state index is 12.8. The molecule has 0 atom stereocenters. The minimum atomic E-state index is -0.406. The lowest BCUT2D eigenvalue weighted by atomic mass is 9.75. The van der Waals surface area contributed by atoms with Crippen LogP contribution in [0.1, 0.15) is 54.1 Å². The van der Waals surface area contributed by atoms with E-state index in [4.69, 9.17) is 10.00 Å². The summed E-state index contributed by atoms with van der Waals surface area (Å²) < 4.78 is 5.26. The summed E-state index contributed by atoms with van der Waals surface area (Å²) in [6, 6.07) is 7.43. The number of benzene rings is 1. The van der Waals surface area contributed by atoms with Crippen molar-refractivity contribution in [1.82, 2.24) is 4.90 Å². The average molecular weight is 326 g/mol. The van der Waals surface area contributed by atoms with Gasteiger partial charge in [0, 0.05) is 24.1 Å². The number of rotatable bonds is 3. The van der Waals surface area contributed by atoms with Gasteiger partial charge in [0.25, 0.3) is 0 Å².